The SMILES string of the molecule is O=S(O)O.O=S(O)O.[K].[K]. The Bertz CT molecular complexity index is 71.7. The third kappa shape index (κ3) is 106. The van der Waals surface area contributed by atoms with Gasteiger partial charge in [-0.15, -0.1) is 0 Å². The Morgan fingerprint density at radius 3 is 0.700 bits per heavy atom. The molecule has 0 saturated heterocycles. The van der Waals surface area contributed by atoms with Gasteiger partial charge in [-0.25, -0.2) is 0 Å². The van der Waals surface area contributed by atoms with Crippen molar-refractivity contribution in [1.29, 1.82) is 0 Å². The van der Waals surface area contributed by atoms with Gasteiger partial charge in [-0.05, 0) is 0 Å². The molecule has 2 radical (unpaired) electrons. The standard InChI is InChI=1S/2K.2H2O3S/c;;2*1-4(2)3/h;;2*(H2,1,2,3). The van der Waals surface area contributed by atoms with Gasteiger partial charge in [0.1, 0.15) is 0 Å². The first kappa shape index (κ1) is 23.3. The van der Waals surface area contributed by atoms with Gasteiger partial charge < -0.3 is 0 Å². The van der Waals surface area contributed by atoms with Gasteiger partial charge in [0.15, 0.2) is 0 Å². The van der Waals surface area contributed by atoms with Crippen LogP contribution in [0.3, 0.4) is 0 Å². The van der Waals surface area contributed by atoms with E-state index in [9.17, 15) is 0 Å². The molecule has 54 valence electrons. The molecule has 10 heavy (non-hydrogen) atoms. The fourth-order valence-electron chi connectivity index (χ4n) is 0. The van der Waals surface area contributed by atoms with E-state index in [2.05, 4.69) is 0 Å². The van der Waals surface area contributed by atoms with E-state index in [1.807, 2.05) is 0 Å². The molecule has 0 aliphatic heterocycles. The molecule has 0 aromatic rings. The van der Waals surface area contributed by atoms with Crippen LogP contribution < -0.4 is 0 Å². The molecule has 0 aromatic heterocycles. The van der Waals surface area contributed by atoms with Gasteiger partial charge in [0.2, 0.25) is 0 Å². The summed E-state index contributed by atoms with van der Waals surface area (Å²) in [7, 11) is 0. The Morgan fingerprint density at radius 2 is 0.700 bits per heavy atom. The van der Waals surface area contributed by atoms with Gasteiger partial charge >= 0.3 is 0 Å². The Morgan fingerprint density at radius 1 is 0.700 bits per heavy atom. The molecule has 4 N–H and O–H groups in total. The summed E-state index contributed by atoms with van der Waals surface area (Å²) in [6.45, 7) is 0. The van der Waals surface area contributed by atoms with Crippen LogP contribution in [0.5, 0.6) is 0 Å². The minimum atomic E-state index is -2.61. The second-order valence-corrected chi connectivity index (χ2v) is 1.38. The third-order valence-electron chi connectivity index (χ3n) is 0. The molecule has 6 nitrogen and oxygen atoms in total. The van der Waals surface area contributed by atoms with Crippen LogP contribution in [0.1, 0.15) is 0 Å². The average molecular weight is 242 g/mol. The monoisotopic (exact) mass is 242 g/mol. The average Bonchev–Trinajstić information content (AvgIpc) is 1.25. The summed E-state index contributed by atoms with van der Waals surface area (Å²) >= 11 is -5.22. The van der Waals surface area contributed by atoms with E-state index in [0.29, 0.717) is 0 Å². The van der Waals surface area contributed by atoms with Gasteiger partial charge in [0, 0.05) is 103 Å². The number of rotatable bonds is 0. The van der Waals surface area contributed by atoms with Crippen LogP contribution in [-0.4, -0.2) is 129 Å². The molecule has 0 aliphatic carbocycles. The van der Waals surface area contributed by atoms with Crippen molar-refractivity contribution >= 4 is 125 Å². The van der Waals surface area contributed by atoms with E-state index in [4.69, 9.17) is 26.6 Å². The summed E-state index contributed by atoms with van der Waals surface area (Å²) in [5.74, 6) is 0. The van der Waals surface area contributed by atoms with Gasteiger partial charge in [-0.2, -0.15) is 8.42 Å². The largest absolute Gasteiger partial charge is 0.299 e. The zero-order chi connectivity index (χ0) is 7.15. The van der Waals surface area contributed by atoms with Gasteiger partial charge in [0.05, 0.1) is 0 Å². The van der Waals surface area contributed by atoms with Crippen molar-refractivity contribution in [3.8, 4) is 0 Å². The van der Waals surface area contributed by atoms with Crippen LogP contribution in [0.15, 0.2) is 0 Å². The molecule has 0 fully saturated rings. The smallest absolute Gasteiger partial charge is 0.284 e. The van der Waals surface area contributed by atoms with Crippen LogP contribution in [0.4, 0.5) is 0 Å². The Hall–Kier alpha value is 3.41. The second-order valence-electron chi connectivity index (χ2n) is 0.461. The first-order valence-electron chi connectivity index (χ1n) is 1.06. The van der Waals surface area contributed by atoms with E-state index in [0.717, 1.165) is 0 Å². The fourth-order valence-corrected chi connectivity index (χ4v) is 0. The number of hydrogen-bond acceptors (Lipinski definition) is 2. The van der Waals surface area contributed by atoms with Gasteiger partial charge in [-0.1, -0.05) is 0 Å². The topological polar surface area (TPSA) is 115 Å². The van der Waals surface area contributed by atoms with Crippen LogP contribution in [-0.2, 0) is 22.7 Å². The van der Waals surface area contributed by atoms with E-state index in [1.165, 1.54) is 0 Å². The zero-order valence-corrected chi connectivity index (χ0v) is 13.3. The molecule has 0 bridgehead atoms. The normalized spacial score (nSPS) is 7.00. The predicted octanol–water partition coefficient (Wildman–Crippen LogP) is -1.40. The van der Waals surface area contributed by atoms with Gasteiger partial charge in [-0.3, -0.25) is 18.2 Å². The van der Waals surface area contributed by atoms with E-state index in [-0.39, 0.29) is 103 Å². The molecule has 0 rings (SSSR count). The minimum absolute atomic E-state index is 0. The first-order chi connectivity index (χ1) is 3.46. The van der Waals surface area contributed by atoms with E-state index < -0.39 is 22.7 Å². The summed E-state index contributed by atoms with van der Waals surface area (Å²) in [5.41, 5.74) is 0. The maximum Gasteiger partial charge on any atom is 0.299 e. The molecule has 0 atom stereocenters. The Kier molecular flexibility index (Phi) is 42.6. The Balaban J connectivity index is -0.0000000300. The van der Waals surface area contributed by atoms with E-state index in [1.54, 1.807) is 0 Å². The summed E-state index contributed by atoms with van der Waals surface area (Å²) < 4.78 is 45.7. The van der Waals surface area contributed by atoms with Crippen molar-refractivity contribution in [2.24, 2.45) is 0 Å². The third-order valence-corrected chi connectivity index (χ3v) is 0. The van der Waals surface area contributed by atoms with Crippen molar-refractivity contribution in [2.45, 2.75) is 0 Å². The molecule has 0 unspecified atom stereocenters. The molecule has 0 spiro atoms. The summed E-state index contributed by atoms with van der Waals surface area (Å²) in [4.78, 5) is 0. The van der Waals surface area contributed by atoms with Crippen molar-refractivity contribution in [3.63, 3.8) is 0 Å². The van der Waals surface area contributed by atoms with Crippen LogP contribution >= 0.6 is 0 Å². The Labute approximate surface area is 148 Å². The van der Waals surface area contributed by atoms with Crippen LogP contribution in [0.2, 0.25) is 0 Å². The van der Waals surface area contributed by atoms with Gasteiger partial charge in [0.25, 0.3) is 22.7 Å². The second kappa shape index (κ2) is 18.2. The number of hydrogen-bond donors (Lipinski definition) is 4. The summed E-state index contributed by atoms with van der Waals surface area (Å²) in [5, 5.41) is 0. The zero-order valence-electron chi connectivity index (χ0n) is 5.42. The predicted molar refractivity (Wildman–Crippen MR) is 38.3 cm³/mol. The van der Waals surface area contributed by atoms with Crippen molar-refractivity contribution < 1.29 is 26.6 Å². The van der Waals surface area contributed by atoms with Crippen LogP contribution in [0, 0.1) is 0 Å². The molecule has 0 aliphatic rings. The van der Waals surface area contributed by atoms with Crippen molar-refractivity contribution in [3.05, 3.63) is 0 Å². The quantitative estimate of drug-likeness (QED) is 0.307. The minimum Gasteiger partial charge on any atom is -0.284 e. The van der Waals surface area contributed by atoms with Crippen molar-refractivity contribution in [1.82, 2.24) is 0 Å². The fraction of sp³-hybridized carbons (Fsp3) is 0. The molecular weight excluding hydrogens is 238 g/mol. The first-order valence-corrected chi connectivity index (χ1v) is 3.19. The molecule has 0 aromatic carbocycles. The summed E-state index contributed by atoms with van der Waals surface area (Å²) in [6.07, 6.45) is 0. The molecular formula is H4K2O6S2. The van der Waals surface area contributed by atoms with E-state index >= 15 is 0 Å². The maximum atomic E-state index is 8.67. The van der Waals surface area contributed by atoms with Crippen LogP contribution in [0.25, 0.3) is 0 Å². The molecule has 0 heterocycles. The summed E-state index contributed by atoms with van der Waals surface area (Å²) in [6, 6.07) is 0. The maximum absolute atomic E-state index is 8.67. The molecule has 10 heteroatoms. The molecule has 0 saturated carbocycles. The van der Waals surface area contributed by atoms with Crippen molar-refractivity contribution in [2.75, 3.05) is 0 Å². The molecule has 0 amide bonds.